The van der Waals surface area contributed by atoms with Crippen LogP contribution in [0.2, 0.25) is 0 Å². The van der Waals surface area contributed by atoms with E-state index < -0.39 is 0 Å². The van der Waals surface area contributed by atoms with Crippen LogP contribution >= 0.6 is 0 Å². The van der Waals surface area contributed by atoms with E-state index in [1.165, 1.54) is 5.57 Å². The van der Waals surface area contributed by atoms with Gasteiger partial charge < -0.3 is 5.32 Å². The highest BCUT2D eigenvalue weighted by molar-refractivity contribution is 4.97. The molecule has 1 heteroatoms. The van der Waals surface area contributed by atoms with Gasteiger partial charge in [-0.2, -0.15) is 0 Å². The fourth-order valence-electron chi connectivity index (χ4n) is 1.34. The van der Waals surface area contributed by atoms with Gasteiger partial charge in [0, 0.05) is 6.54 Å². The third-order valence-electron chi connectivity index (χ3n) is 1.88. The number of hydrogen-bond acceptors (Lipinski definition) is 1. The lowest BCUT2D eigenvalue weighted by atomic mass is 9.85. The summed E-state index contributed by atoms with van der Waals surface area (Å²) in [6, 6.07) is 0. The van der Waals surface area contributed by atoms with E-state index in [0.29, 0.717) is 5.41 Å². The minimum absolute atomic E-state index is 0.363. The summed E-state index contributed by atoms with van der Waals surface area (Å²) in [6.07, 6.45) is 2.23. The molecule has 0 fully saturated rings. The molecule has 0 unspecified atom stereocenters. The second-order valence-corrected chi connectivity index (χ2v) is 3.97. The van der Waals surface area contributed by atoms with Crippen molar-refractivity contribution in [1.29, 1.82) is 0 Å². The zero-order valence-electron chi connectivity index (χ0n) is 8.33. The normalized spacial score (nSPS) is 11.6. The molecule has 1 N–H and O–H groups in total. The second-order valence-electron chi connectivity index (χ2n) is 3.97. The van der Waals surface area contributed by atoms with Crippen molar-refractivity contribution in [3.8, 4) is 0 Å². The van der Waals surface area contributed by atoms with Gasteiger partial charge in [-0.25, -0.2) is 0 Å². The molecule has 0 aromatic heterocycles. The summed E-state index contributed by atoms with van der Waals surface area (Å²) in [5.41, 5.74) is 1.72. The summed E-state index contributed by atoms with van der Waals surface area (Å²) >= 11 is 0. The summed E-state index contributed by atoms with van der Waals surface area (Å²) in [5, 5.41) is 3.20. The average Bonchev–Trinajstić information content (AvgIpc) is 1.86. The molecule has 66 valence electrons. The van der Waals surface area contributed by atoms with Gasteiger partial charge in [-0.1, -0.05) is 32.9 Å². The molecular weight excluding hydrogens is 134 g/mol. The quantitative estimate of drug-likeness (QED) is 0.602. The third-order valence-corrected chi connectivity index (χ3v) is 1.88. The van der Waals surface area contributed by atoms with Gasteiger partial charge in [0.25, 0.3) is 0 Å². The highest BCUT2D eigenvalue weighted by Crippen LogP contribution is 2.24. The molecule has 0 rings (SSSR count). The molecule has 0 amide bonds. The Bertz CT molecular complexity index is 125. The van der Waals surface area contributed by atoms with Crippen molar-refractivity contribution in [2.75, 3.05) is 13.6 Å². The number of allylic oxidation sites excluding steroid dienone is 1. The zero-order chi connectivity index (χ0) is 8.91. The van der Waals surface area contributed by atoms with E-state index in [4.69, 9.17) is 0 Å². The van der Waals surface area contributed by atoms with Gasteiger partial charge in [-0.15, -0.1) is 0 Å². The van der Waals surface area contributed by atoms with Crippen LogP contribution in [0.15, 0.2) is 12.2 Å². The van der Waals surface area contributed by atoms with Gasteiger partial charge in [0.2, 0.25) is 0 Å². The molecule has 0 aliphatic rings. The van der Waals surface area contributed by atoms with E-state index in [0.717, 1.165) is 19.4 Å². The number of hydrogen-bond donors (Lipinski definition) is 1. The standard InChI is InChI=1S/C10H21N/c1-6-9(2)7-10(3,4)8-11-5/h11H,2,6-8H2,1,3-5H3. The first kappa shape index (κ1) is 10.7. The lowest BCUT2D eigenvalue weighted by Crippen LogP contribution is -2.26. The Hall–Kier alpha value is -0.300. The number of nitrogens with one attached hydrogen (secondary N) is 1. The first-order chi connectivity index (χ1) is 5.02. The highest BCUT2D eigenvalue weighted by atomic mass is 14.8. The molecule has 0 saturated heterocycles. The van der Waals surface area contributed by atoms with Crippen LogP contribution in [-0.4, -0.2) is 13.6 Å². The first-order valence-corrected chi connectivity index (χ1v) is 4.33. The van der Waals surface area contributed by atoms with E-state index in [2.05, 4.69) is 32.7 Å². The van der Waals surface area contributed by atoms with E-state index in [1.807, 2.05) is 7.05 Å². The van der Waals surface area contributed by atoms with Gasteiger partial charge >= 0.3 is 0 Å². The minimum Gasteiger partial charge on any atom is -0.319 e. The van der Waals surface area contributed by atoms with Crippen LogP contribution in [0, 0.1) is 5.41 Å². The van der Waals surface area contributed by atoms with Crippen LogP contribution in [0.1, 0.15) is 33.6 Å². The lowest BCUT2D eigenvalue weighted by molar-refractivity contribution is 0.346. The van der Waals surface area contributed by atoms with E-state index in [1.54, 1.807) is 0 Å². The molecule has 1 nitrogen and oxygen atoms in total. The molecule has 0 radical (unpaired) electrons. The molecular formula is C10H21N. The van der Waals surface area contributed by atoms with Crippen LogP contribution in [0.3, 0.4) is 0 Å². The predicted octanol–water partition coefficient (Wildman–Crippen LogP) is 2.59. The Kier molecular flexibility index (Phi) is 4.43. The van der Waals surface area contributed by atoms with Crippen molar-refractivity contribution in [2.45, 2.75) is 33.6 Å². The van der Waals surface area contributed by atoms with Crippen molar-refractivity contribution in [1.82, 2.24) is 5.32 Å². The van der Waals surface area contributed by atoms with E-state index in [-0.39, 0.29) is 0 Å². The zero-order valence-corrected chi connectivity index (χ0v) is 8.33. The molecule has 0 aliphatic carbocycles. The number of rotatable bonds is 5. The highest BCUT2D eigenvalue weighted by Gasteiger charge is 2.16. The topological polar surface area (TPSA) is 12.0 Å². The van der Waals surface area contributed by atoms with Crippen molar-refractivity contribution in [2.24, 2.45) is 5.41 Å². The molecule has 0 bridgehead atoms. The van der Waals surface area contributed by atoms with Crippen molar-refractivity contribution in [3.05, 3.63) is 12.2 Å². The van der Waals surface area contributed by atoms with Gasteiger partial charge in [-0.3, -0.25) is 0 Å². The predicted molar refractivity (Wildman–Crippen MR) is 51.8 cm³/mol. The molecule has 0 aromatic carbocycles. The monoisotopic (exact) mass is 155 g/mol. The third kappa shape index (κ3) is 5.02. The Morgan fingerprint density at radius 1 is 1.45 bits per heavy atom. The van der Waals surface area contributed by atoms with Crippen molar-refractivity contribution in [3.63, 3.8) is 0 Å². The second kappa shape index (κ2) is 4.55. The fraction of sp³-hybridized carbons (Fsp3) is 0.800. The molecule has 0 spiro atoms. The summed E-state index contributed by atoms with van der Waals surface area (Å²) in [5.74, 6) is 0. The summed E-state index contributed by atoms with van der Waals surface area (Å²) < 4.78 is 0. The molecule has 0 atom stereocenters. The van der Waals surface area contributed by atoms with Crippen LogP contribution in [0.4, 0.5) is 0 Å². The summed E-state index contributed by atoms with van der Waals surface area (Å²) in [7, 11) is 2.00. The maximum Gasteiger partial charge on any atom is 0.000258 e. The Morgan fingerprint density at radius 2 is 2.00 bits per heavy atom. The van der Waals surface area contributed by atoms with Crippen molar-refractivity contribution < 1.29 is 0 Å². The fourth-order valence-corrected chi connectivity index (χ4v) is 1.34. The van der Waals surface area contributed by atoms with E-state index in [9.17, 15) is 0 Å². The SMILES string of the molecule is C=C(CC)CC(C)(C)CNC. The van der Waals surface area contributed by atoms with Crippen molar-refractivity contribution >= 4 is 0 Å². The largest absolute Gasteiger partial charge is 0.319 e. The van der Waals surface area contributed by atoms with Crippen LogP contribution in [0.5, 0.6) is 0 Å². The smallest absolute Gasteiger partial charge is 0.000258 e. The van der Waals surface area contributed by atoms with Gasteiger partial charge in [-0.05, 0) is 25.3 Å². The van der Waals surface area contributed by atoms with Crippen LogP contribution in [0.25, 0.3) is 0 Å². The summed E-state index contributed by atoms with van der Waals surface area (Å²) in [4.78, 5) is 0. The molecule has 0 aliphatic heterocycles. The Labute approximate surface area is 70.9 Å². The minimum atomic E-state index is 0.363. The van der Waals surface area contributed by atoms with Gasteiger partial charge in [0.1, 0.15) is 0 Å². The van der Waals surface area contributed by atoms with Gasteiger partial charge in [0.15, 0.2) is 0 Å². The molecule has 0 saturated carbocycles. The molecule has 11 heavy (non-hydrogen) atoms. The maximum absolute atomic E-state index is 4.01. The molecule has 0 aromatic rings. The first-order valence-electron chi connectivity index (χ1n) is 4.33. The lowest BCUT2D eigenvalue weighted by Gasteiger charge is -2.24. The van der Waals surface area contributed by atoms with Crippen LogP contribution in [-0.2, 0) is 0 Å². The maximum atomic E-state index is 4.01. The molecule has 0 heterocycles. The average molecular weight is 155 g/mol. The van der Waals surface area contributed by atoms with Crippen LogP contribution < -0.4 is 5.32 Å². The Morgan fingerprint density at radius 3 is 2.36 bits per heavy atom. The Balaban J connectivity index is 3.80. The van der Waals surface area contributed by atoms with Gasteiger partial charge in [0.05, 0.1) is 0 Å². The summed E-state index contributed by atoms with van der Waals surface area (Å²) in [6.45, 7) is 11.8. The van der Waals surface area contributed by atoms with E-state index >= 15 is 0 Å².